The average Bonchev–Trinajstić information content (AvgIpc) is 2.01. The smallest absolute Gasteiger partial charge is 0.379 e. The van der Waals surface area contributed by atoms with Crippen LogP contribution in [0.4, 0.5) is 13.2 Å². The summed E-state index contributed by atoms with van der Waals surface area (Å²) in [5, 5.41) is 8.56. The quantitative estimate of drug-likeness (QED) is 0.746. The predicted octanol–water partition coefficient (Wildman–Crippen LogP) is 2.64. The van der Waals surface area contributed by atoms with Crippen molar-refractivity contribution in [2.24, 2.45) is 0 Å². The second kappa shape index (κ2) is 3.74. The highest BCUT2D eigenvalue weighted by atomic mass is 35.5. The molecule has 6 heteroatoms. The Hall–Kier alpha value is -0.810. The first-order valence-corrected chi connectivity index (χ1v) is 4.08. The zero-order chi connectivity index (χ0) is 10.9. The molecule has 0 aromatic carbocycles. The van der Waals surface area contributed by atoms with E-state index < -0.39 is 17.8 Å². The third-order valence-corrected chi connectivity index (χ3v) is 1.92. The first-order chi connectivity index (χ1) is 6.32. The molecule has 2 nitrogen and oxygen atoms in total. The standard InChI is InChI=1S/C8H7ClF3NO/c1-4-2-3-5(7(9)13-4)6(14)8(10,11)12/h2-3,6,14H,1H3/t6-/m1/s1. The van der Waals surface area contributed by atoms with E-state index in [-0.39, 0.29) is 5.15 Å². The number of aliphatic hydroxyl groups is 1. The van der Waals surface area contributed by atoms with Crippen molar-refractivity contribution in [3.05, 3.63) is 28.5 Å². The molecule has 0 saturated heterocycles. The number of alkyl halides is 3. The summed E-state index contributed by atoms with van der Waals surface area (Å²) in [6.45, 7) is 1.59. The van der Waals surface area contributed by atoms with Crippen LogP contribution in [0.15, 0.2) is 12.1 Å². The summed E-state index contributed by atoms with van der Waals surface area (Å²) in [6, 6.07) is 2.47. The van der Waals surface area contributed by atoms with Gasteiger partial charge in [-0.2, -0.15) is 13.2 Å². The lowest BCUT2D eigenvalue weighted by atomic mass is 10.1. The van der Waals surface area contributed by atoms with Crippen molar-refractivity contribution < 1.29 is 18.3 Å². The van der Waals surface area contributed by atoms with Gasteiger partial charge in [0.05, 0.1) is 0 Å². The van der Waals surface area contributed by atoms with E-state index >= 15 is 0 Å². The van der Waals surface area contributed by atoms with E-state index in [4.69, 9.17) is 16.7 Å². The molecule has 1 rings (SSSR count). The topological polar surface area (TPSA) is 33.1 Å². The van der Waals surface area contributed by atoms with Crippen LogP contribution < -0.4 is 0 Å². The van der Waals surface area contributed by atoms with Crippen molar-refractivity contribution >= 4 is 11.6 Å². The van der Waals surface area contributed by atoms with Crippen molar-refractivity contribution in [3.8, 4) is 0 Å². The van der Waals surface area contributed by atoms with Gasteiger partial charge < -0.3 is 5.11 Å². The Morgan fingerprint density at radius 3 is 2.43 bits per heavy atom. The molecule has 1 atom stereocenters. The lowest BCUT2D eigenvalue weighted by molar-refractivity contribution is -0.206. The van der Waals surface area contributed by atoms with Crippen LogP contribution in [-0.2, 0) is 0 Å². The fraction of sp³-hybridized carbons (Fsp3) is 0.375. The summed E-state index contributed by atoms with van der Waals surface area (Å²) in [5.41, 5.74) is 0.0675. The van der Waals surface area contributed by atoms with Crippen molar-refractivity contribution in [2.45, 2.75) is 19.2 Å². The molecule has 0 spiro atoms. The minimum Gasteiger partial charge on any atom is -0.379 e. The maximum absolute atomic E-state index is 12.1. The first kappa shape index (κ1) is 11.3. The summed E-state index contributed by atoms with van der Waals surface area (Å²) in [4.78, 5) is 3.61. The van der Waals surface area contributed by atoms with Gasteiger partial charge in [0.25, 0.3) is 0 Å². The van der Waals surface area contributed by atoms with Crippen LogP contribution in [0.5, 0.6) is 0 Å². The lowest BCUT2D eigenvalue weighted by Gasteiger charge is -2.15. The number of halogens is 4. The summed E-state index contributed by atoms with van der Waals surface area (Å²) >= 11 is 5.46. The van der Waals surface area contributed by atoms with Crippen LogP contribution in [0, 0.1) is 6.92 Å². The van der Waals surface area contributed by atoms with E-state index in [0.717, 1.165) is 6.07 Å². The number of aromatic nitrogens is 1. The van der Waals surface area contributed by atoms with E-state index in [0.29, 0.717) is 5.69 Å². The molecule has 0 radical (unpaired) electrons. The number of hydrogen-bond donors (Lipinski definition) is 1. The van der Waals surface area contributed by atoms with Crippen LogP contribution >= 0.6 is 11.6 Å². The number of nitrogens with zero attached hydrogens (tertiary/aromatic N) is 1. The van der Waals surface area contributed by atoms with Gasteiger partial charge in [-0.1, -0.05) is 17.7 Å². The molecule has 1 N–H and O–H groups in total. The molecule has 0 bridgehead atoms. The Morgan fingerprint density at radius 1 is 1.43 bits per heavy atom. The maximum Gasteiger partial charge on any atom is 0.418 e. The Kier molecular flexibility index (Phi) is 3.01. The van der Waals surface area contributed by atoms with E-state index in [1.165, 1.54) is 6.07 Å². The second-order valence-corrected chi connectivity index (χ2v) is 3.13. The SMILES string of the molecule is Cc1ccc([C@@H](O)C(F)(F)F)c(Cl)n1. The molecule has 14 heavy (non-hydrogen) atoms. The van der Waals surface area contributed by atoms with Gasteiger partial charge in [-0.15, -0.1) is 0 Å². The molecule has 1 aromatic rings. The summed E-state index contributed by atoms with van der Waals surface area (Å²) < 4.78 is 36.2. The van der Waals surface area contributed by atoms with Gasteiger partial charge in [0, 0.05) is 11.3 Å². The number of rotatable bonds is 1. The van der Waals surface area contributed by atoms with Crippen LogP contribution in [0.1, 0.15) is 17.4 Å². The Morgan fingerprint density at radius 2 is 2.00 bits per heavy atom. The number of aliphatic hydroxyl groups excluding tert-OH is 1. The van der Waals surface area contributed by atoms with Crippen molar-refractivity contribution in [1.82, 2.24) is 4.98 Å². The fourth-order valence-corrected chi connectivity index (χ4v) is 1.22. The minimum atomic E-state index is -4.72. The summed E-state index contributed by atoms with van der Waals surface area (Å²) in [7, 11) is 0. The van der Waals surface area contributed by atoms with E-state index in [2.05, 4.69) is 4.98 Å². The first-order valence-electron chi connectivity index (χ1n) is 3.70. The zero-order valence-electron chi connectivity index (χ0n) is 7.14. The molecule has 78 valence electrons. The van der Waals surface area contributed by atoms with Gasteiger partial charge in [-0.3, -0.25) is 0 Å². The van der Waals surface area contributed by atoms with Gasteiger partial charge in [-0.05, 0) is 13.0 Å². The highest BCUT2D eigenvalue weighted by Crippen LogP contribution is 2.35. The van der Waals surface area contributed by atoms with Gasteiger partial charge in [-0.25, -0.2) is 4.98 Å². The van der Waals surface area contributed by atoms with Gasteiger partial charge in [0.15, 0.2) is 6.10 Å². The molecule has 0 fully saturated rings. The largest absolute Gasteiger partial charge is 0.418 e. The molecular weight excluding hydrogens is 219 g/mol. The predicted molar refractivity (Wildman–Crippen MR) is 45.0 cm³/mol. The van der Waals surface area contributed by atoms with Crippen molar-refractivity contribution in [3.63, 3.8) is 0 Å². The molecule has 1 heterocycles. The van der Waals surface area contributed by atoms with Crippen molar-refractivity contribution in [2.75, 3.05) is 0 Å². The Labute approximate surface area is 83.3 Å². The van der Waals surface area contributed by atoms with Crippen LogP contribution in [0.3, 0.4) is 0 Å². The van der Waals surface area contributed by atoms with Crippen LogP contribution in [0.2, 0.25) is 5.15 Å². The number of hydrogen-bond acceptors (Lipinski definition) is 2. The maximum atomic E-state index is 12.1. The van der Waals surface area contributed by atoms with Gasteiger partial charge >= 0.3 is 6.18 Å². The van der Waals surface area contributed by atoms with Crippen LogP contribution in [0.25, 0.3) is 0 Å². The summed E-state index contributed by atoms with van der Waals surface area (Å²) in [6.07, 6.45) is -7.30. The number of pyridine rings is 1. The van der Waals surface area contributed by atoms with E-state index in [9.17, 15) is 13.2 Å². The van der Waals surface area contributed by atoms with Crippen molar-refractivity contribution in [1.29, 1.82) is 0 Å². The molecule has 0 amide bonds. The number of aryl methyl sites for hydroxylation is 1. The Balaban J connectivity index is 3.08. The molecular formula is C8H7ClF3NO. The highest BCUT2D eigenvalue weighted by molar-refractivity contribution is 6.30. The molecule has 0 saturated carbocycles. The second-order valence-electron chi connectivity index (χ2n) is 2.78. The molecule has 0 aliphatic rings. The monoisotopic (exact) mass is 225 g/mol. The highest BCUT2D eigenvalue weighted by Gasteiger charge is 2.40. The molecule has 0 unspecified atom stereocenters. The minimum absolute atomic E-state index is 0.324. The zero-order valence-corrected chi connectivity index (χ0v) is 7.89. The van der Waals surface area contributed by atoms with E-state index in [1.807, 2.05) is 0 Å². The average molecular weight is 226 g/mol. The fourth-order valence-electron chi connectivity index (χ4n) is 0.916. The molecule has 0 aliphatic carbocycles. The lowest BCUT2D eigenvalue weighted by Crippen LogP contribution is -2.20. The van der Waals surface area contributed by atoms with E-state index in [1.54, 1.807) is 6.92 Å². The third-order valence-electron chi connectivity index (χ3n) is 1.62. The summed E-state index contributed by atoms with van der Waals surface area (Å²) in [5.74, 6) is 0. The third kappa shape index (κ3) is 2.36. The van der Waals surface area contributed by atoms with Gasteiger partial charge in [0.2, 0.25) is 0 Å². The Bertz CT molecular complexity index is 340. The molecule has 0 aliphatic heterocycles. The van der Waals surface area contributed by atoms with Crippen LogP contribution in [-0.4, -0.2) is 16.3 Å². The molecule has 1 aromatic heterocycles. The normalized spacial score (nSPS) is 14.1. The van der Waals surface area contributed by atoms with Gasteiger partial charge in [0.1, 0.15) is 5.15 Å².